The van der Waals surface area contributed by atoms with Crippen LogP contribution in [0.5, 0.6) is 17.2 Å². The van der Waals surface area contributed by atoms with Crippen molar-refractivity contribution in [2.75, 3.05) is 27.1 Å². The number of rotatable bonds is 14. The predicted molar refractivity (Wildman–Crippen MR) is 190 cm³/mol. The Balaban J connectivity index is 1.20. The van der Waals surface area contributed by atoms with Gasteiger partial charge in [-0.25, -0.2) is 5.01 Å². The van der Waals surface area contributed by atoms with Gasteiger partial charge >= 0.3 is 0 Å². The predicted octanol–water partition coefficient (Wildman–Crippen LogP) is 6.01. The van der Waals surface area contributed by atoms with Gasteiger partial charge in [0.25, 0.3) is 11.8 Å². The molecule has 0 bridgehead atoms. The quantitative estimate of drug-likeness (QED) is 0.140. The zero-order chi connectivity index (χ0) is 34.2. The van der Waals surface area contributed by atoms with Crippen molar-refractivity contribution in [1.29, 1.82) is 0 Å². The normalized spacial score (nSPS) is 14.0. The van der Waals surface area contributed by atoms with Crippen LogP contribution < -0.4 is 19.5 Å². The number of hydrazone groups is 1. The van der Waals surface area contributed by atoms with E-state index in [0.29, 0.717) is 47.4 Å². The topological polar surface area (TPSA) is 120 Å². The van der Waals surface area contributed by atoms with Gasteiger partial charge < -0.3 is 24.1 Å². The van der Waals surface area contributed by atoms with E-state index in [1.54, 1.807) is 41.7 Å². The summed E-state index contributed by atoms with van der Waals surface area (Å²) in [5, 5.41) is 20.8. The van der Waals surface area contributed by atoms with Crippen LogP contribution in [0.1, 0.15) is 44.6 Å². The highest BCUT2D eigenvalue weighted by Gasteiger charge is 2.33. The second-order valence-electron chi connectivity index (χ2n) is 11.1. The third kappa shape index (κ3) is 8.12. The first-order chi connectivity index (χ1) is 23.9. The molecule has 1 N–H and O–H groups in total. The Labute approximate surface area is 292 Å². The van der Waals surface area contributed by atoms with Gasteiger partial charge in [-0.3, -0.25) is 9.59 Å². The third-order valence-corrected chi connectivity index (χ3v) is 9.95. The van der Waals surface area contributed by atoms with Crippen molar-refractivity contribution in [3.05, 3.63) is 118 Å². The molecule has 2 aromatic heterocycles. The van der Waals surface area contributed by atoms with Gasteiger partial charge in [-0.15, -0.1) is 21.5 Å². The Morgan fingerprint density at radius 3 is 2.31 bits per heavy atom. The number of thiophene rings is 1. The van der Waals surface area contributed by atoms with Crippen molar-refractivity contribution in [1.82, 2.24) is 25.1 Å². The summed E-state index contributed by atoms with van der Waals surface area (Å²) >= 11 is 2.91. The first-order valence-corrected chi connectivity index (χ1v) is 17.5. The fraction of sp³-hybridized carbons (Fsp3) is 0.250. The number of amides is 2. The molecule has 49 heavy (non-hydrogen) atoms. The molecule has 11 nitrogen and oxygen atoms in total. The smallest absolute Gasteiger partial charge is 0.253 e. The summed E-state index contributed by atoms with van der Waals surface area (Å²) in [7, 11) is 4.70. The number of aromatic nitrogens is 3. The molecule has 0 aliphatic carbocycles. The molecule has 0 radical (unpaired) electrons. The number of hydrogen-bond donors (Lipinski definition) is 1. The molecule has 6 rings (SSSR count). The van der Waals surface area contributed by atoms with E-state index in [2.05, 4.69) is 27.6 Å². The lowest BCUT2D eigenvalue weighted by Crippen LogP contribution is -2.28. The SMILES string of the molecule is COc1ccc(C2CC(c3cccs3)=NN2C(=O)CSc2nnc(CNC(=O)c3cc(OC)cc(OC)c3)n2CCc2ccccc2)cc1. The Bertz CT molecular complexity index is 1890. The molecular weight excluding hydrogens is 661 g/mol. The Morgan fingerprint density at radius 1 is 0.898 bits per heavy atom. The average molecular weight is 697 g/mol. The highest BCUT2D eigenvalue weighted by Crippen LogP contribution is 2.35. The average Bonchev–Trinajstić information content (AvgIpc) is 3.93. The summed E-state index contributed by atoms with van der Waals surface area (Å²) in [5.74, 6) is 2.00. The lowest BCUT2D eigenvalue weighted by Gasteiger charge is -2.22. The third-order valence-electron chi connectivity index (χ3n) is 8.08. The summed E-state index contributed by atoms with van der Waals surface area (Å²) in [5.41, 5.74) is 3.40. The molecule has 5 aromatic rings. The minimum Gasteiger partial charge on any atom is -0.497 e. The van der Waals surface area contributed by atoms with Crippen molar-refractivity contribution >= 4 is 40.6 Å². The molecule has 0 saturated carbocycles. The summed E-state index contributed by atoms with van der Waals surface area (Å²) in [6, 6.07) is 26.6. The maximum absolute atomic E-state index is 13.9. The molecule has 3 heterocycles. The van der Waals surface area contributed by atoms with E-state index < -0.39 is 0 Å². The van der Waals surface area contributed by atoms with E-state index in [4.69, 9.17) is 19.3 Å². The molecule has 3 aromatic carbocycles. The first-order valence-electron chi connectivity index (χ1n) is 15.6. The van der Waals surface area contributed by atoms with Crippen LogP contribution in [-0.2, 0) is 24.3 Å². The van der Waals surface area contributed by atoms with E-state index in [9.17, 15) is 9.59 Å². The van der Waals surface area contributed by atoms with Crippen LogP contribution >= 0.6 is 23.1 Å². The largest absolute Gasteiger partial charge is 0.497 e. The van der Waals surface area contributed by atoms with E-state index in [1.165, 1.54) is 26.0 Å². The van der Waals surface area contributed by atoms with Crippen molar-refractivity contribution in [3.8, 4) is 17.2 Å². The van der Waals surface area contributed by atoms with Crippen molar-refractivity contribution < 1.29 is 23.8 Å². The van der Waals surface area contributed by atoms with E-state index in [-0.39, 0.29) is 30.2 Å². The van der Waals surface area contributed by atoms with E-state index >= 15 is 0 Å². The number of carbonyl (C=O) groups excluding carboxylic acids is 2. The number of aryl methyl sites for hydroxylation is 1. The number of ether oxygens (including phenoxy) is 3. The minimum absolute atomic E-state index is 0.104. The summed E-state index contributed by atoms with van der Waals surface area (Å²) in [6.45, 7) is 0.694. The maximum Gasteiger partial charge on any atom is 0.253 e. The fourth-order valence-electron chi connectivity index (χ4n) is 5.48. The Morgan fingerprint density at radius 2 is 1.63 bits per heavy atom. The highest BCUT2D eigenvalue weighted by atomic mass is 32.2. The monoisotopic (exact) mass is 696 g/mol. The standard InChI is InChI=1S/C36H36N6O5S2/c1-45-27-13-11-25(12-14-27)31-21-30(32-10-7-17-48-32)40-42(31)34(43)23-49-36-39-38-33(41(36)16-15-24-8-5-4-6-9-24)22-37-35(44)26-18-28(46-2)20-29(19-26)47-3/h4-14,17-20,31H,15-16,21-23H2,1-3H3,(H,37,44). The maximum atomic E-state index is 13.9. The summed E-state index contributed by atoms with van der Waals surface area (Å²) in [6.07, 6.45) is 1.33. The zero-order valence-corrected chi connectivity index (χ0v) is 29.0. The van der Waals surface area contributed by atoms with Crippen LogP contribution in [0, 0.1) is 0 Å². The number of benzene rings is 3. The van der Waals surface area contributed by atoms with Crippen LogP contribution in [0.3, 0.4) is 0 Å². The van der Waals surface area contributed by atoms with Gasteiger partial charge in [0.1, 0.15) is 17.2 Å². The van der Waals surface area contributed by atoms with Crippen LogP contribution in [0.4, 0.5) is 0 Å². The van der Waals surface area contributed by atoms with E-state index in [0.717, 1.165) is 27.5 Å². The van der Waals surface area contributed by atoms with Crippen LogP contribution in [0.2, 0.25) is 0 Å². The molecule has 0 fully saturated rings. The molecule has 0 spiro atoms. The molecule has 1 atom stereocenters. The van der Waals surface area contributed by atoms with Crippen molar-refractivity contribution in [2.24, 2.45) is 5.10 Å². The second-order valence-corrected chi connectivity index (χ2v) is 13.0. The number of nitrogens with one attached hydrogen (secondary N) is 1. The van der Waals surface area contributed by atoms with Gasteiger partial charge in [0.15, 0.2) is 11.0 Å². The second kappa shape index (κ2) is 15.8. The summed E-state index contributed by atoms with van der Waals surface area (Å²) < 4.78 is 18.0. The van der Waals surface area contributed by atoms with Crippen molar-refractivity contribution in [2.45, 2.75) is 37.1 Å². The van der Waals surface area contributed by atoms with Gasteiger partial charge in [0, 0.05) is 24.6 Å². The van der Waals surface area contributed by atoms with Gasteiger partial charge in [-0.05, 0) is 53.3 Å². The number of thioether (sulfide) groups is 1. The molecule has 1 aliphatic heterocycles. The van der Waals surface area contributed by atoms with Gasteiger partial charge in [0.05, 0.1) is 50.3 Å². The van der Waals surface area contributed by atoms with Gasteiger partial charge in [-0.1, -0.05) is 60.3 Å². The molecular formula is C36H36N6O5S2. The van der Waals surface area contributed by atoms with Gasteiger partial charge in [-0.2, -0.15) is 5.10 Å². The van der Waals surface area contributed by atoms with Crippen LogP contribution in [0.15, 0.2) is 101 Å². The zero-order valence-electron chi connectivity index (χ0n) is 27.4. The molecule has 13 heteroatoms. The van der Waals surface area contributed by atoms with Crippen LogP contribution in [0.25, 0.3) is 0 Å². The lowest BCUT2D eigenvalue weighted by molar-refractivity contribution is -0.130. The Hall–Kier alpha value is -5.14. The molecule has 1 aliphatic rings. The molecule has 2 amide bonds. The Kier molecular flexibility index (Phi) is 10.9. The van der Waals surface area contributed by atoms with Gasteiger partial charge in [0.2, 0.25) is 0 Å². The van der Waals surface area contributed by atoms with Crippen molar-refractivity contribution in [3.63, 3.8) is 0 Å². The number of methoxy groups -OCH3 is 3. The molecule has 252 valence electrons. The fourth-order valence-corrected chi connectivity index (χ4v) is 7.03. The van der Waals surface area contributed by atoms with Crippen LogP contribution in [-0.4, -0.2) is 64.4 Å². The van der Waals surface area contributed by atoms with E-state index in [1.807, 2.05) is 64.5 Å². The summed E-state index contributed by atoms with van der Waals surface area (Å²) in [4.78, 5) is 28.1. The molecule has 1 unspecified atom stereocenters. The lowest BCUT2D eigenvalue weighted by atomic mass is 10.0. The highest BCUT2D eigenvalue weighted by molar-refractivity contribution is 7.99. The minimum atomic E-state index is -0.308. The number of hydrogen-bond acceptors (Lipinski definition) is 10. The number of nitrogens with zero attached hydrogens (tertiary/aromatic N) is 5. The first kappa shape index (κ1) is 33.7. The molecule has 0 saturated heterocycles. The number of carbonyl (C=O) groups is 2.